The van der Waals surface area contributed by atoms with E-state index in [-0.39, 0.29) is 63.6 Å². The van der Waals surface area contributed by atoms with E-state index in [1.807, 2.05) is 0 Å². The molecule has 1 N–H and O–H groups in total. The van der Waals surface area contributed by atoms with Crippen LogP contribution >= 0.6 is 0 Å². The van der Waals surface area contributed by atoms with E-state index in [0.29, 0.717) is 5.69 Å². The molecule has 0 aromatic heterocycles. The Morgan fingerprint density at radius 2 is 1.87 bits per heavy atom. The fourth-order valence-corrected chi connectivity index (χ4v) is 0.875. The van der Waals surface area contributed by atoms with Gasteiger partial charge >= 0.3 is 51.4 Å². The van der Waals surface area contributed by atoms with Gasteiger partial charge in [-0.05, 0) is 12.1 Å². The molecular weight excluding hydrogens is 227 g/mol. The Labute approximate surface area is 128 Å². The topological polar surface area (TPSA) is 95.3 Å². The van der Waals surface area contributed by atoms with E-state index < -0.39 is 10.9 Å². The minimum atomic E-state index is -1.23. The maximum atomic E-state index is 10.3. The number of hydrogen-bond acceptors (Lipinski definition) is 5. The number of carboxylic acid groups (broad SMARTS) is 1. The van der Waals surface area contributed by atoms with Crippen molar-refractivity contribution in [2.45, 2.75) is 0 Å². The number of anilines is 1. The molecule has 74 valence electrons. The molecule has 0 atom stereocenters. The van der Waals surface area contributed by atoms with Gasteiger partial charge in [-0.25, -0.2) is 0 Å². The second kappa shape index (κ2) is 6.91. The monoisotopic (exact) mass is 234 g/mol. The Balaban J connectivity index is 0.00000196. The molecule has 6 nitrogen and oxygen atoms in total. The molecule has 0 heterocycles. The Hall–Kier alpha value is -0.474. The number of nitro benzene ring substituents is 1. The molecule has 0 saturated heterocycles. The molecule has 0 unspecified atom stereocenters. The third kappa shape index (κ3) is 5.24. The van der Waals surface area contributed by atoms with Crippen LogP contribution in [0, 0.1) is 10.1 Å². The number of nitro groups is 1. The van der Waals surface area contributed by atoms with E-state index in [0.717, 1.165) is 0 Å². The summed E-state index contributed by atoms with van der Waals surface area (Å²) in [7, 11) is 0. The summed E-state index contributed by atoms with van der Waals surface area (Å²) < 4.78 is 0. The van der Waals surface area contributed by atoms with Crippen molar-refractivity contribution >= 4 is 17.3 Å². The summed E-state index contributed by atoms with van der Waals surface area (Å²) in [5.74, 6) is -1.23. The maximum absolute atomic E-state index is 10.3. The second-order valence-corrected chi connectivity index (χ2v) is 2.53. The van der Waals surface area contributed by atoms with Gasteiger partial charge in [0.05, 0.1) is 17.4 Å². The summed E-state index contributed by atoms with van der Waals surface area (Å²) in [6.07, 6.45) is 0. The summed E-state index contributed by atoms with van der Waals surface area (Å²) in [5, 5.41) is 22.9. The van der Waals surface area contributed by atoms with Crippen LogP contribution in [0.15, 0.2) is 24.3 Å². The standard InChI is InChI=1S/C8H8N2O4.K/c11-8(12)5-9-6-1-3-7(4-2-6)10(13)14;/h1-4,9H,5H2,(H,11,12);/q;+1/p-1. The van der Waals surface area contributed by atoms with Crippen molar-refractivity contribution in [2.24, 2.45) is 0 Å². The number of benzene rings is 1. The number of hydrogen-bond donors (Lipinski definition) is 1. The van der Waals surface area contributed by atoms with Crippen LogP contribution in [-0.4, -0.2) is 17.4 Å². The second-order valence-electron chi connectivity index (χ2n) is 2.53. The number of carbonyl (C=O) groups excluding carboxylic acids is 1. The van der Waals surface area contributed by atoms with Crippen molar-refractivity contribution in [3.63, 3.8) is 0 Å². The summed E-state index contributed by atoms with van der Waals surface area (Å²) >= 11 is 0. The van der Waals surface area contributed by atoms with E-state index in [4.69, 9.17) is 0 Å². The molecule has 1 aromatic carbocycles. The Morgan fingerprint density at radius 1 is 1.33 bits per heavy atom. The van der Waals surface area contributed by atoms with Gasteiger partial charge in [0, 0.05) is 17.8 Å². The van der Waals surface area contributed by atoms with Gasteiger partial charge in [0.2, 0.25) is 0 Å². The van der Waals surface area contributed by atoms with Gasteiger partial charge in [-0.15, -0.1) is 0 Å². The number of carboxylic acids is 1. The van der Waals surface area contributed by atoms with Crippen molar-refractivity contribution in [1.82, 2.24) is 0 Å². The van der Waals surface area contributed by atoms with Crippen molar-refractivity contribution in [2.75, 3.05) is 11.9 Å². The predicted octanol–water partition coefficient (Wildman–Crippen LogP) is -3.24. The van der Waals surface area contributed by atoms with Crippen molar-refractivity contribution in [1.29, 1.82) is 0 Å². The first-order chi connectivity index (χ1) is 6.59. The zero-order valence-electron chi connectivity index (χ0n) is 8.10. The Bertz CT molecular complexity index is 352. The van der Waals surface area contributed by atoms with E-state index in [9.17, 15) is 20.0 Å². The molecular formula is C8H7KN2O4. The van der Waals surface area contributed by atoms with Crippen LogP contribution in [0.1, 0.15) is 0 Å². The predicted molar refractivity (Wildman–Crippen MR) is 46.6 cm³/mol. The van der Waals surface area contributed by atoms with E-state index in [2.05, 4.69) is 5.32 Å². The van der Waals surface area contributed by atoms with Gasteiger partial charge in [-0.3, -0.25) is 10.1 Å². The molecule has 0 aliphatic heterocycles. The van der Waals surface area contributed by atoms with Crippen LogP contribution in [0.4, 0.5) is 11.4 Å². The molecule has 0 amide bonds. The van der Waals surface area contributed by atoms with Gasteiger partial charge in [0.15, 0.2) is 0 Å². The first-order valence-corrected chi connectivity index (χ1v) is 3.78. The molecule has 1 aromatic rings. The van der Waals surface area contributed by atoms with Crippen LogP contribution in [0.3, 0.4) is 0 Å². The summed E-state index contributed by atoms with van der Waals surface area (Å²) in [6, 6.07) is 5.44. The van der Waals surface area contributed by atoms with Crippen molar-refractivity contribution in [3.8, 4) is 0 Å². The third-order valence-electron chi connectivity index (χ3n) is 1.51. The zero-order valence-corrected chi connectivity index (χ0v) is 11.2. The van der Waals surface area contributed by atoms with Gasteiger partial charge in [0.1, 0.15) is 0 Å². The van der Waals surface area contributed by atoms with Crippen LogP contribution in [0.25, 0.3) is 0 Å². The fraction of sp³-hybridized carbons (Fsp3) is 0.125. The van der Waals surface area contributed by atoms with Crippen LogP contribution in [0.2, 0.25) is 0 Å². The summed E-state index contributed by atoms with van der Waals surface area (Å²) in [5.41, 5.74) is 0.462. The summed E-state index contributed by atoms with van der Waals surface area (Å²) in [4.78, 5) is 19.8. The quantitative estimate of drug-likeness (QED) is 0.335. The van der Waals surface area contributed by atoms with Crippen LogP contribution < -0.4 is 61.8 Å². The largest absolute Gasteiger partial charge is 1.00 e. The Kier molecular flexibility index (Phi) is 6.69. The van der Waals surface area contributed by atoms with E-state index in [1.54, 1.807) is 0 Å². The average Bonchev–Trinajstić information content (AvgIpc) is 2.15. The summed E-state index contributed by atoms with van der Waals surface area (Å²) in [6.45, 7) is -0.322. The average molecular weight is 234 g/mol. The SMILES string of the molecule is O=C([O-])CNc1ccc([N+](=O)[O-])cc1.[K+]. The number of aliphatic carboxylic acids is 1. The number of nitrogens with zero attached hydrogens (tertiary/aromatic N) is 1. The normalized spacial score (nSPS) is 8.80. The number of nitrogens with one attached hydrogen (secondary N) is 1. The molecule has 15 heavy (non-hydrogen) atoms. The van der Waals surface area contributed by atoms with Crippen LogP contribution in [-0.2, 0) is 4.79 Å². The molecule has 0 saturated carbocycles. The minimum absolute atomic E-state index is 0. The fourth-order valence-electron chi connectivity index (χ4n) is 0.875. The van der Waals surface area contributed by atoms with Gasteiger partial charge in [-0.2, -0.15) is 0 Å². The van der Waals surface area contributed by atoms with Crippen molar-refractivity contribution in [3.05, 3.63) is 34.4 Å². The Morgan fingerprint density at radius 3 is 2.27 bits per heavy atom. The van der Waals surface area contributed by atoms with Gasteiger partial charge in [-0.1, -0.05) is 0 Å². The minimum Gasteiger partial charge on any atom is -0.548 e. The molecule has 0 aliphatic rings. The molecule has 0 aliphatic carbocycles. The molecule has 0 radical (unpaired) electrons. The number of rotatable bonds is 4. The molecule has 1 rings (SSSR count). The van der Waals surface area contributed by atoms with E-state index >= 15 is 0 Å². The van der Waals surface area contributed by atoms with Crippen molar-refractivity contribution < 1.29 is 66.2 Å². The van der Waals surface area contributed by atoms with Gasteiger partial charge in [0.25, 0.3) is 5.69 Å². The zero-order chi connectivity index (χ0) is 10.6. The maximum Gasteiger partial charge on any atom is 1.00 e. The molecule has 0 fully saturated rings. The molecule has 7 heteroatoms. The first-order valence-electron chi connectivity index (χ1n) is 3.78. The van der Waals surface area contributed by atoms with E-state index in [1.165, 1.54) is 24.3 Å². The number of carbonyl (C=O) groups is 1. The number of non-ortho nitro benzene ring substituents is 1. The van der Waals surface area contributed by atoms with Gasteiger partial charge < -0.3 is 15.2 Å². The molecule has 0 bridgehead atoms. The first kappa shape index (κ1) is 14.5. The molecule has 0 spiro atoms. The van der Waals surface area contributed by atoms with Crippen LogP contribution in [0.5, 0.6) is 0 Å². The third-order valence-corrected chi connectivity index (χ3v) is 1.51. The smallest absolute Gasteiger partial charge is 0.548 e.